The topological polar surface area (TPSA) is 17.3 Å². The summed E-state index contributed by atoms with van der Waals surface area (Å²) in [6, 6.07) is 1.95. The van der Waals surface area contributed by atoms with Crippen LogP contribution in [0.1, 0.15) is 30.5 Å². The van der Waals surface area contributed by atoms with Gasteiger partial charge in [0, 0.05) is 17.1 Å². The molecule has 0 amide bonds. The Balaban J connectivity index is 2.46. The first kappa shape index (κ1) is 8.30. The van der Waals surface area contributed by atoms with Gasteiger partial charge >= 0.3 is 0 Å². The van der Waals surface area contributed by atoms with Crippen molar-refractivity contribution < 1.29 is 0 Å². The van der Waals surface area contributed by atoms with E-state index in [2.05, 4.69) is 16.3 Å². The number of pyridine rings is 1. The lowest BCUT2D eigenvalue weighted by Gasteiger charge is -2.18. The minimum atomic E-state index is 0.561. The van der Waals surface area contributed by atoms with Crippen LogP contribution >= 0.6 is 11.6 Å². The third-order valence-corrected chi connectivity index (χ3v) is 3.43. The van der Waals surface area contributed by atoms with E-state index in [0.717, 1.165) is 17.9 Å². The van der Waals surface area contributed by atoms with Crippen molar-refractivity contribution >= 4 is 17.1 Å². The van der Waals surface area contributed by atoms with Gasteiger partial charge in [-0.25, -0.2) is 4.98 Å². The molecule has 72 valence electrons. The molecule has 1 unspecified atom stereocenters. The third-order valence-electron chi connectivity index (χ3n) is 3.07. The van der Waals surface area contributed by atoms with Crippen molar-refractivity contribution in [2.24, 2.45) is 0 Å². The van der Waals surface area contributed by atoms with E-state index in [9.17, 15) is 0 Å². The molecule has 0 saturated heterocycles. The molecular weight excluding hydrogens is 196 g/mol. The second kappa shape index (κ2) is 2.74. The molecule has 0 fully saturated rings. The van der Waals surface area contributed by atoms with Gasteiger partial charge in [-0.2, -0.15) is 0 Å². The zero-order chi connectivity index (χ0) is 9.71. The monoisotopic (exact) mass is 206 g/mol. The Hall–Kier alpha value is -1.02. The molecular formula is C11H11ClN2. The molecule has 1 atom stereocenters. The Morgan fingerprint density at radius 3 is 3.29 bits per heavy atom. The molecule has 0 saturated carbocycles. The van der Waals surface area contributed by atoms with Crippen LogP contribution < -0.4 is 0 Å². The number of aryl methyl sites for hydroxylation is 1. The van der Waals surface area contributed by atoms with Crippen LogP contribution in [0.2, 0.25) is 5.02 Å². The molecule has 1 aliphatic carbocycles. The summed E-state index contributed by atoms with van der Waals surface area (Å²) in [5, 5.41) is 0.881. The SMILES string of the molecule is CC1CCc2c(Cl)ccn3cnc1c23. The van der Waals surface area contributed by atoms with Crippen molar-refractivity contribution in [1.82, 2.24) is 9.38 Å². The van der Waals surface area contributed by atoms with E-state index in [4.69, 9.17) is 11.6 Å². The van der Waals surface area contributed by atoms with Gasteiger partial charge in [0.2, 0.25) is 0 Å². The zero-order valence-electron chi connectivity index (χ0n) is 8.00. The van der Waals surface area contributed by atoms with E-state index in [-0.39, 0.29) is 0 Å². The fourth-order valence-electron chi connectivity index (χ4n) is 2.25. The number of halogens is 1. The highest BCUT2D eigenvalue weighted by Crippen LogP contribution is 2.35. The minimum Gasteiger partial charge on any atom is -0.306 e. The Labute approximate surface area is 87.5 Å². The molecule has 0 bridgehead atoms. The Bertz CT molecular complexity index is 501. The Morgan fingerprint density at radius 2 is 2.43 bits per heavy atom. The third kappa shape index (κ3) is 0.947. The fraction of sp³-hybridized carbons (Fsp3) is 0.364. The Morgan fingerprint density at radius 1 is 1.57 bits per heavy atom. The van der Waals surface area contributed by atoms with E-state index in [1.54, 1.807) is 0 Å². The molecule has 2 aromatic rings. The van der Waals surface area contributed by atoms with E-state index < -0.39 is 0 Å². The summed E-state index contributed by atoms with van der Waals surface area (Å²) in [4.78, 5) is 4.45. The molecule has 3 heteroatoms. The highest BCUT2D eigenvalue weighted by molar-refractivity contribution is 6.31. The average Bonchev–Trinajstić information content (AvgIpc) is 2.60. The first-order valence-corrected chi connectivity index (χ1v) is 5.29. The molecule has 1 aliphatic rings. The van der Waals surface area contributed by atoms with Gasteiger partial charge in [0.15, 0.2) is 0 Å². The molecule has 2 nitrogen and oxygen atoms in total. The van der Waals surface area contributed by atoms with Gasteiger partial charge in [-0.1, -0.05) is 18.5 Å². The largest absolute Gasteiger partial charge is 0.306 e. The van der Waals surface area contributed by atoms with Crippen LogP contribution in [-0.4, -0.2) is 9.38 Å². The normalized spacial score (nSPS) is 20.3. The van der Waals surface area contributed by atoms with E-state index in [1.165, 1.54) is 16.8 Å². The molecule has 0 aromatic carbocycles. The lowest BCUT2D eigenvalue weighted by Crippen LogP contribution is -2.06. The van der Waals surface area contributed by atoms with E-state index in [1.807, 2.05) is 18.6 Å². The molecule has 0 radical (unpaired) electrons. The lowest BCUT2D eigenvalue weighted by atomic mass is 9.91. The fourth-order valence-corrected chi connectivity index (χ4v) is 2.49. The van der Waals surface area contributed by atoms with Crippen molar-refractivity contribution in [2.45, 2.75) is 25.7 Å². The van der Waals surface area contributed by atoms with Crippen molar-refractivity contribution in [2.75, 3.05) is 0 Å². The van der Waals surface area contributed by atoms with Gasteiger partial charge in [0.1, 0.15) is 0 Å². The number of rotatable bonds is 0. The number of aromatic nitrogens is 2. The van der Waals surface area contributed by atoms with Crippen LogP contribution in [0.4, 0.5) is 0 Å². The summed E-state index contributed by atoms with van der Waals surface area (Å²) in [7, 11) is 0. The maximum atomic E-state index is 6.17. The number of imidazole rings is 1. The predicted molar refractivity (Wildman–Crippen MR) is 56.9 cm³/mol. The quantitative estimate of drug-likeness (QED) is 0.648. The number of nitrogens with zero attached hydrogens (tertiary/aromatic N) is 2. The molecule has 0 aliphatic heterocycles. The van der Waals surface area contributed by atoms with Crippen molar-refractivity contribution in [3.05, 3.63) is 34.9 Å². The molecule has 0 N–H and O–H groups in total. The second-order valence-corrected chi connectivity index (χ2v) is 4.37. The zero-order valence-corrected chi connectivity index (χ0v) is 8.75. The second-order valence-electron chi connectivity index (χ2n) is 3.97. The van der Waals surface area contributed by atoms with Crippen molar-refractivity contribution in [3.63, 3.8) is 0 Å². The van der Waals surface area contributed by atoms with Gasteiger partial charge in [-0.15, -0.1) is 0 Å². The lowest BCUT2D eigenvalue weighted by molar-refractivity contribution is 0.653. The molecule has 14 heavy (non-hydrogen) atoms. The van der Waals surface area contributed by atoms with Crippen LogP contribution in [0.15, 0.2) is 18.6 Å². The van der Waals surface area contributed by atoms with Crippen LogP contribution in [0.3, 0.4) is 0 Å². The summed E-state index contributed by atoms with van der Waals surface area (Å²) in [6.07, 6.45) is 6.09. The van der Waals surface area contributed by atoms with E-state index >= 15 is 0 Å². The van der Waals surface area contributed by atoms with Gasteiger partial charge in [0.05, 0.1) is 17.5 Å². The summed E-state index contributed by atoms with van der Waals surface area (Å²) >= 11 is 6.17. The van der Waals surface area contributed by atoms with Gasteiger partial charge in [0.25, 0.3) is 0 Å². The smallest absolute Gasteiger partial charge is 0.0995 e. The van der Waals surface area contributed by atoms with E-state index in [0.29, 0.717) is 5.92 Å². The first-order chi connectivity index (χ1) is 6.77. The summed E-state index contributed by atoms with van der Waals surface area (Å²) in [5.41, 5.74) is 3.70. The van der Waals surface area contributed by atoms with Crippen molar-refractivity contribution in [3.8, 4) is 0 Å². The summed E-state index contributed by atoms with van der Waals surface area (Å²) in [5.74, 6) is 0.561. The van der Waals surface area contributed by atoms with Crippen LogP contribution in [0.5, 0.6) is 0 Å². The van der Waals surface area contributed by atoms with Gasteiger partial charge in [-0.3, -0.25) is 0 Å². The van der Waals surface area contributed by atoms with Crippen LogP contribution in [0.25, 0.3) is 5.52 Å². The first-order valence-electron chi connectivity index (χ1n) is 4.91. The summed E-state index contributed by atoms with van der Waals surface area (Å²) < 4.78 is 2.08. The standard InChI is InChI=1S/C11H11ClN2/c1-7-2-3-8-9(12)4-5-14-6-13-10(7)11(8)14/h4-7H,2-3H2,1H3. The Kier molecular flexibility index (Phi) is 1.62. The molecule has 2 aromatic heterocycles. The maximum absolute atomic E-state index is 6.17. The van der Waals surface area contributed by atoms with Crippen LogP contribution in [0, 0.1) is 0 Å². The maximum Gasteiger partial charge on any atom is 0.0995 e. The minimum absolute atomic E-state index is 0.561. The highest BCUT2D eigenvalue weighted by Gasteiger charge is 2.22. The van der Waals surface area contributed by atoms with Gasteiger partial charge in [-0.05, 0) is 24.5 Å². The van der Waals surface area contributed by atoms with Crippen molar-refractivity contribution in [1.29, 1.82) is 0 Å². The predicted octanol–water partition coefficient (Wildman–Crippen LogP) is 3.04. The van der Waals surface area contributed by atoms with Gasteiger partial charge < -0.3 is 4.40 Å². The number of hydrogen-bond donors (Lipinski definition) is 0. The average molecular weight is 207 g/mol. The van der Waals surface area contributed by atoms with Crippen LogP contribution in [-0.2, 0) is 6.42 Å². The highest BCUT2D eigenvalue weighted by atomic mass is 35.5. The summed E-state index contributed by atoms with van der Waals surface area (Å²) in [6.45, 7) is 2.23. The molecule has 3 rings (SSSR count). The molecule has 0 spiro atoms. The number of hydrogen-bond acceptors (Lipinski definition) is 1. The molecule has 2 heterocycles.